The summed E-state index contributed by atoms with van der Waals surface area (Å²) in [6.45, 7) is 0.254. The molecule has 0 saturated heterocycles. The number of hydrogen-bond acceptors (Lipinski definition) is 2. The molecular formula is C16H13ClN2O. The van der Waals surface area contributed by atoms with Crippen LogP contribution in [0.25, 0.3) is 0 Å². The molecule has 0 saturated carbocycles. The Kier molecular flexibility index (Phi) is 4.78. The molecule has 2 aromatic rings. The van der Waals surface area contributed by atoms with E-state index in [1.165, 1.54) is 0 Å². The van der Waals surface area contributed by atoms with Gasteiger partial charge in [-0.2, -0.15) is 0 Å². The van der Waals surface area contributed by atoms with Crippen LogP contribution in [-0.2, 0) is 0 Å². The molecule has 0 aliphatic carbocycles. The lowest BCUT2D eigenvalue weighted by Crippen LogP contribution is -2.13. The fourth-order valence-electron chi connectivity index (χ4n) is 1.70. The van der Waals surface area contributed by atoms with Gasteiger partial charge < -0.3 is 11.1 Å². The minimum atomic E-state index is -0.228. The number of nitrogens with two attached hydrogens (primary N) is 1. The summed E-state index contributed by atoms with van der Waals surface area (Å²) in [6.07, 6.45) is 0. The Bertz CT molecular complexity index is 686. The predicted molar refractivity (Wildman–Crippen MR) is 81.8 cm³/mol. The summed E-state index contributed by atoms with van der Waals surface area (Å²) in [6, 6.07) is 14.1. The van der Waals surface area contributed by atoms with Crippen LogP contribution in [0, 0.1) is 11.8 Å². The number of benzene rings is 2. The Morgan fingerprint density at radius 3 is 2.75 bits per heavy atom. The molecule has 0 aliphatic heterocycles. The van der Waals surface area contributed by atoms with E-state index in [1.807, 2.05) is 6.07 Å². The van der Waals surface area contributed by atoms with E-state index in [9.17, 15) is 4.79 Å². The van der Waals surface area contributed by atoms with Gasteiger partial charge in [-0.25, -0.2) is 0 Å². The molecule has 0 bridgehead atoms. The Balaban J connectivity index is 2.25. The molecule has 0 heterocycles. The van der Waals surface area contributed by atoms with E-state index in [1.54, 1.807) is 42.5 Å². The number of amides is 1. The molecule has 20 heavy (non-hydrogen) atoms. The van der Waals surface area contributed by atoms with Gasteiger partial charge >= 0.3 is 0 Å². The zero-order chi connectivity index (χ0) is 14.4. The third-order valence-corrected chi connectivity index (χ3v) is 2.81. The van der Waals surface area contributed by atoms with Gasteiger partial charge in [-0.1, -0.05) is 41.6 Å². The highest BCUT2D eigenvalue weighted by Gasteiger charge is 2.09. The van der Waals surface area contributed by atoms with Crippen LogP contribution in [0.15, 0.2) is 48.5 Å². The van der Waals surface area contributed by atoms with Crippen molar-refractivity contribution in [3.63, 3.8) is 0 Å². The first-order valence-electron chi connectivity index (χ1n) is 6.05. The van der Waals surface area contributed by atoms with Crippen molar-refractivity contribution < 1.29 is 4.79 Å². The third kappa shape index (κ3) is 3.61. The average molecular weight is 285 g/mol. The van der Waals surface area contributed by atoms with Gasteiger partial charge in [0.2, 0.25) is 0 Å². The molecule has 0 radical (unpaired) electrons. The molecule has 0 unspecified atom stereocenters. The maximum Gasteiger partial charge on any atom is 0.256 e. The van der Waals surface area contributed by atoms with Crippen molar-refractivity contribution in [3.05, 3.63) is 64.7 Å². The molecule has 0 atom stereocenters. The molecule has 3 N–H and O–H groups in total. The summed E-state index contributed by atoms with van der Waals surface area (Å²) in [7, 11) is 0. The molecule has 2 aromatic carbocycles. The smallest absolute Gasteiger partial charge is 0.256 e. The van der Waals surface area contributed by atoms with Crippen LogP contribution in [0.3, 0.4) is 0 Å². The minimum absolute atomic E-state index is 0.228. The van der Waals surface area contributed by atoms with Crippen LogP contribution in [0.4, 0.5) is 5.69 Å². The number of hydrogen-bond donors (Lipinski definition) is 2. The summed E-state index contributed by atoms with van der Waals surface area (Å²) < 4.78 is 0. The Morgan fingerprint density at radius 1 is 1.20 bits per heavy atom. The van der Waals surface area contributed by atoms with E-state index in [-0.39, 0.29) is 12.5 Å². The molecule has 0 aliphatic rings. The number of rotatable bonds is 2. The second kappa shape index (κ2) is 6.76. The van der Waals surface area contributed by atoms with Crippen LogP contribution in [-0.4, -0.2) is 12.5 Å². The van der Waals surface area contributed by atoms with Gasteiger partial charge in [0.05, 0.1) is 12.1 Å². The van der Waals surface area contributed by atoms with Crippen molar-refractivity contribution in [2.75, 3.05) is 11.9 Å². The van der Waals surface area contributed by atoms with Crippen LogP contribution < -0.4 is 11.1 Å². The molecular weight excluding hydrogens is 272 g/mol. The maximum absolute atomic E-state index is 12.3. The quantitative estimate of drug-likeness (QED) is 0.833. The van der Waals surface area contributed by atoms with Crippen molar-refractivity contribution in [1.82, 2.24) is 0 Å². The second-order valence-electron chi connectivity index (χ2n) is 4.02. The van der Waals surface area contributed by atoms with Crippen LogP contribution in [0.1, 0.15) is 15.9 Å². The highest BCUT2D eigenvalue weighted by molar-refractivity contribution is 6.31. The summed E-state index contributed by atoms with van der Waals surface area (Å²) in [4.78, 5) is 12.3. The topological polar surface area (TPSA) is 55.1 Å². The van der Waals surface area contributed by atoms with E-state index in [4.69, 9.17) is 17.3 Å². The van der Waals surface area contributed by atoms with E-state index < -0.39 is 0 Å². The molecule has 1 amide bonds. The minimum Gasteiger partial charge on any atom is -0.322 e. The summed E-state index contributed by atoms with van der Waals surface area (Å²) in [5, 5.41) is 3.36. The van der Waals surface area contributed by atoms with E-state index in [2.05, 4.69) is 17.2 Å². The summed E-state index contributed by atoms with van der Waals surface area (Å²) in [5.41, 5.74) is 7.15. The molecule has 2 rings (SSSR count). The SMILES string of the molecule is NCC#Cc1ccccc1C(=O)Nc1cccc(Cl)c1. The number of carbonyl (C=O) groups excluding carboxylic acids is 1. The molecule has 0 fully saturated rings. The molecule has 3 nitrogen and oxygen atoms in total. The first-order valence-corrected chi connectivity index (χ1v) is 6.43. The zero-order valence-electron chi connectivity index (χ0n) is 10.7. The third-order valence-electron chi connectivity index (χ3n) is 2.58. The van der Waals surface area contributed by atoms with Gasteiger partial charge in [0.25, 0.3) is 5.91 Å². The lowest BCUT2D eigenvalue weighted by atomic mass is 10.1. The lowest BCUT2D eigenvalue weighted by Gasteiger charge is -2.07. The van der Waals surface area contributed by atoms with Crippen molar-refractivity contribution in [3.8, 4) is 11.8 Å². The molecule has 0 aromatic heterocycles. The van der Waals surface area contributed by atoms with Crippen molar-refractivity contribution in [2.45, 2.75) is 0 Å². The second-order valence-corrected chi connectivity index (χ2v) is 4.45. The number of anilines is 1. The largest absolute Gasteiger partial charge is 0.322 e. The lowest BCUT2D eigenvalue weighted by molar-refractivity contribution is 0.102. The van der Waals surface area contributed by atoms with Crippen molar-refractivity contribution >= 4 is 23.2 Å². The summed E-state index contributed by atoms with van der Waals surface area (Å²) >= 11 is 5.89. The highest BCUT2D eigenvalue weighted by atomic mass is 35.5. The average Bonchev–Trinajstić information content (AvgIpc) is 2.45. The van der Waals surface area contributed by atoms with Gasteiger partial charge in [0.15, 0.2) is 0 Å². The Hall–Kier alpha value is -2.28. The molecule has 4 heteroatoms. The van der Waals surface area contributed by atoms with Crippen LogP contribution in [0.2, 0.25) is 5.02 Å². The zero-order valence-corrected chi connectivity index (χ0v) is 11.4. The van der Waals surface area contributed by atoms with Crippen molar-refractivity contribution in [2.24, 2.45) is 5.73 Å². The highest BCUT2D eigenvalue weighted by Crippen LogP contribution is 2.16. The first kappa shape index (κ1) is 14.1. The molecule has 0 spiro atoms. The van der Waals surface area contributed by atoms with Crippen LogP contribution in [0.5, 0.6) is 0 Å². The normalized spacial score (nSPS) is 9.50. The van der Waals surface area contributed by atoms with E-state index in [0.29, 0.717) is 21.8 Å². The number of carbonyl (C=O) groups is 1. The number of halogens is 1. The van der Waals surface area contributed by atoms with Gasteiger partial charge in [-0.05, 0) is 30.3 Å². The fraction of sp³-hybridized carbons (Fsp3) is 0.0625. The Labute approximate surface area is 122 Å². The van der Waals surface area contributed by atoms with Crippen molar-refractivity contribution in [1.29, 1.82) is 0 Å². The Morgan fingerprint density at radius 2 is 2.00 bits per heavy atom. The van der Waals surface area contributed by atoms with E-state index >= 15 is 0 Å². The number of nitrogens with one attached hydrogen (secondary N) is 1. The van der Waals surface area contributed by atoms with Gasteiger partial charge in [0.1, 0.15) is 0 Å². The first-order chi connectivity index (χ1) is 9.70. The maximum atomic E-state index is 12.3. The fourth-order valence-corrected chi connectivity index (χ4v) is 1.89. The standard InChI is InChI=1S/C16H13ClN2O/c17-13-7-3-8-14(11-13)19-16(20)15-9-2-1-5-12(15)6-4-10-18/h1-3,5,7-9,11H,10,18H2,(H,19,20). The van der Waals surface area contributed by atoms with E-state index in [0.717, 1.165) is 0 Å². The summed E-state index contributed by atoms with van der Waals surface area (Å²) in [5.74, 6) is 5.41. The predicted octanol–water partition coefficient (Wildman–Crippen LogP) is 2.90. The van der Waals surface area contributed by atoms with Gasteiger partial charge in [0, 0.05) is 16.3 Å². The van der Waals surface area contributed by atoms with Gasteiger partial charge in [-0.3, -0.25) is 4.79 Å². The molecule has 100 valence electrons. The van der Waals surface area contributed by atoms with Gasteiger partial charge in [-0.15, -0.1) is 0 Å². The monoisotopic (exact) mass is 284 g/mol. The van der Waals surface area contributed by atoms with Crippen LogP contribution >= 0.6 is 11.6 Å².